The van der Waals surface area contributed by atoms with Gasteiger partial charge in [0.2, 0.25) is 0 Å². The van der Waals surface area contributed by atoms with E-state index in [1.54, 1.807) is 0 Å². The van der Waals surface area contributed by atoms with Gasteiger partial charge in [-0.05, 0) is 46.7 Å². The Balaban J connectivity index is 2.02. The van der Waals surface area contributed by atoms with Crippen molar-refractivity contribution in [1.29, 1.82) is 0 Å². The number of hydrogen-bond donors (Lipinski definition) is 1. The van der Waals surface area contributed by atoms with Crippen LogP contribution in [0.1, 0.15) is 41.3 Å². The Morgan fingerprint density at radius 3 is 2.94 bits per heavy atom. The molecule has 96 valence electrons. The van der Waals surface area contributed by atoms with E-state index in [4.69, 9.17) is 10.7 Å². The van der Waals surface area contributed by atoms with Gasteiger partial charge in [0, 0.05) is 23.4 Å². The van der Waals surface area contributed by atoms with Gasteiger partial charge in [-0.15, -0.1) is 11.3 Å². The van der Waals surface area contributed by atoms with Crippen LogP contribution in [0.25, 0.3) is 0 Å². The molecule has 2 atom stereocenters. The number of thiazole rings is 1. The first kappa shape index (κ1) is 13.0. The van der Waals surface area contributed by atoms with Crippen LogP contribution in [-0.2, 0) is 6.42 Å². The third-order valence-electron chi connectivity index (χ3n) is 3.48. The molecule has 1 aliphatic rings. The van der Waals surface area contributed by atoms with E-state index < -0.39 is 0 Å². The number of aryl methyl sites for hydroxylation is 2. The van der Waals surface area contributed by atoms with Gasteiger partial charge >= 0.3 is 0 Å². The molecule has 1 aliphatic heterocycles. The minimum atomic E-state index is 0.289. The van der Waals surface area contributed by atoms with Crippen molar-refractivity contribution in [2.75, 3.05) is 20.1 Å². The highest BCUT2D eigenvalue weighted by Gasteiger charge is 2.24. The highest BCUT2D eigenvalue weighted by molar-refractivity contribution is 7.11. The lowest BCUT2D eigenvalue weighted by Crippen LogP contribution is -2.15. The fraction of sp³-hybridized carbons (Fsp3) is 0.769. The molecule has 2 rings (SSSR count). The predicted octanol–water partition coefficient (Wildman–Crippen LogP) is 2.15. The molecular weight excluding hydrogens is 230 g/mol. The number of rotatable bonds is 4. The van der Waals surface area contributed by atoms with Crippen molar-refractivity contribution in [3.8, 4) is 0 Å². The normalized spacial score (nSPS) is 23.2. The first-order valence-electron chi connectivity index (χ1n) is 6.46. The topological polar surface area (TPSA) is 42.2 Å². The number of hydrogen-bond acceptors (Lipinski definition) is 4. The van der Waals surface area contributed by atoms with Gasteiger partial charge in [0.15, 0.2) is 0 Å². The first-order valence-corrected chi connectivity index (χ1v) is 7.28. The molecule has 0 aromatic carbocycles. The van der Waals surface area contributed by atoms with Gasteiger partial charge in [-0.2, -0.15) is 0 Å². The van der Waals surface area contributed by atoms with Crippen LogP contribution in [0.3, 0.4) is 0 Å². The van der Waals surface area contributed by atoms with Gasteiger partial charge in [0.05, 0.1) is 10.7 Å². The van der Waals surface area contributed by atoms with Gasteiger partial charge in [-0.1, -0.05) is 0 Å². The van der Waals surface area contributed by atoms with Crippen LogP contribution in [-0.4, -0.2) is 36.1 Å². The summed E-state index contributed by atoms with van der Waals surface area (Å²) in [6.07, 6.45) is 3.41. The van der Waals surface area contributed by atoms with E-state index in [9.17, 15) is 0 Å². The van der Waals surface area contributed by atoms with Crippen molar-refractivity contribution in [3.05, 3.63) is 15.6 Å². The molecule has 17 heavy (non-hydrogen) atoms. The van der Waals surface area contributed by atoms with Gasteiger partial charge in [0.25, 0.3) is 0 Å². The third kappa shape index (κ3) is 3.27. The molecule has 1 aromatic rings. The average Bonchev–Trinajstić information content (AvgIpc) is 2.82. The Labute approximate surface area is 108 Å². The Morgan fingerprint density at radius 2 is 2.35 bits per heavy atom. The smallest absolute Gasteiger partial charge is 0.0975 e. The van der Waals surface area contributed by atoms with Crippen molar-refractivity contribution in [1.82, 2.24) is 9.88 Å². The maximum absolute atomic E-state index is 5.82. The SMILES string of the molecule is Cc1nc(C2CCN(C)C2)sc1CCC(C)N. The summed E-state index contributed by atoms with van der Waals surface area (Å²) in [4.78, 5) is 8.58. The number of likely N-dealkylation sites (N-methyl/N-ethyl adjacent to an activating group) is 1. The monoisotopic (exact) mass is 253 g/mol. The molecule has 1 saturated heterocycles. The summed E-state index contributed by atoms with van der Waals surface area (Å²) >= 11 is 1.91. The van der Waals surface area contributed by atoms with Crippen molar-refractivity contribution in [3.63, 3.8) is 0 Å². The second-order valence-corrected chi connectivity index (χ2v) is 6.44. The number of aromatic nitrogens is 1. The molecule has 1 fully saturated rings. The minimum absolute atomic E-state index is 0.289. The second kappa shape index (κ2) is 5.46. The van der Waals surface area contributed by atoms with E-state index in [2.05, 4.69) is 25.8 Å². The molecule has 0 radical (unpaired) electrons. The van der Waals surface area contributed by atoms with Crippen LogP contribution >= 0.6 is 11.3 Å². The molecule has 0 aliphatic carbocycles. The van der Waals surface area contributed by atoms with Crippen LogP contribution in [0.4, 0.5) is 0 Å². The molecule has 0 spiro atoms. The van der Waals surface area contributed by atoms with E-state index in [1.807, 2.05) is 11.3 Å². The van der Waals surface area contributed by atoms with Gasteiger partial charge in [-0.3, -0.25) is 0 Å². The highest BCUT2D eigenvalue weighted by atomic mass is 32.1. The molecule has 1 aromatic heterocycles. The van der Waals surface area contributed by atoms with Crippen LogP contribution in [0.5, 0.6) is 0 Å². The van der Waals surface area contributed by atoms with E-state index in [-0.39, 0.29) is 6.04 Å². The molecule has 0 saturated carbocycles. The predicted molar refractivity (Wildman–Crippen MR) is 73.7 cm³/mol. The Bertz CT molecular complexity index is 373. The molecule has 2 N–H and O–H groups in total. The summed E-state index contributed by atoms with van der Waals surface area (Å²) in [5.74, 6) is 0.660. The summed E-state index contributed by atoms with van der Waals surface area (Å²) in [5.41, 5.74) is 7.04. The van der Waals surface area contributed by atoms with Crippen LogP contribution < -0.4 is 5.73 Å². The quantitative estimate of drug-likeness (QED) is 0.894. The maximum atomic E-state index is 5.82. The summed E-state index contributed by atoms with van der Waals surface area (Å²) in [7, 11) is 2.19. The molecule has 0 amide bonds. The summed E-state index contributed by atoms with van der Waals surface area (Å²) in [5, 5.41) is 1.34. The van der Waals surface area contributed by atoms with Gasteiger partial charge in [-0.25, -0.2) is 4.98 Å². The minimum Gasteiger partial charge on any atom is -0.328 e. The number of nitrogens with zero attached hydrogens (tertiary/aromatic N) is 2. The van der Waals surface area contributed by atoms with Crippen molar-refractivity contribution >= 4 is 11.3 Å². The molecule has 3 nitrogen and oxygen atoms in total. The molecule has 4 heteroatoms. The van der Waals surface area contributed by atoms with E-state index in [1.165, 1.54) is 35.1 Å². The van der Waals surface area contributed by atoms with E-state index in [0.29, 0.717) is 5.92 Å². The number of likely N-dealkylation sites (tertiary alicyclic amines) is 1. The zero-order valence-corrected chi connectivity index (χ0v) is 11.9. The largest absolute Gasteiger partial charge is 0.328 e. The van der Waals surface area contributed by atoms with Crippen LogP contribution in [0, 0.1) is 6.92 Å². The Kier molecular flexibility index (Phi) is 4.17. The fourth-order valence-corrected chi connectivity index (χ4v) is 3.56. The van der Waals surface area contributed by atoms with Crippen molar-refractivity contribution in [2.45, 2.75) is 45.1 Å². The van der Waals surface area contributed by atoms with Crippen LogP contribution in [0.2, 0.25) is 0 Å². The Hall–Kier alpha value is -0.450. The molecule has 2 unspecified atom stereocenters. The van der Waals surface area contributed by atoms with Gasteiger partial charge < -0.3 is 10.6 Å². The zero-order chi connectivity index (χ0) is 12.4. The lowest BCUT2D eigenvalue weighted by atomic mass is 10.1. The lowest BCUT2D eigenvalue weighted by molar-refractivity contribution is 0.411. The van der Waals surface area contributed by atoms with Gasteiger partial charge in [0.1, 0.15) is 0 Å². The maximum Gasteiger partial charge on any atom is 0.0975 e. The van der Waals surface area contributed by atoms with E-state index in [0.717, 1.165) is 12.8 Å². The lowest BCUT2D eigenvalue weighted by Gasteiger charge is -2.06. The fourth-order valence-electron chi connectivity index (χ4n) is 2.35. The molecular formula is C13H23N3S. The van der Waals surface area contributed by atoms with Crippen molar-refractivity contribution in [2.24, 2.45) is 5.73 Å². The summed E-state index contributed by atoms with van der Waals surface area (Å²) in [6.45, 7) is 6.58. The van der Waals surface area contributed by atoms with Crippen LogP contribution in [0.15, 0.2) is 0 Å². The average molecular weight is 253 g/mol. The zero-order valence-electron chi connectivity index (χ0n) is 11.1. The standard InChI is InChI=1S/C13H23N3S/c1-9(14)4-5-12-10(2)15-13(17-12)11-6-7-16(3)8-11/h9,11H,4-8,14H2,1-3H3. The third-order valence-corrected chi connectivity index (χ3v) is 4.86. The van der Waals surface area contributed by atoms with E-state index >= 15 is 0 Å². The summed E-state index contributed by atoms with van der Waals surface area (Å²) in [6, 6.07) is 0.289. The number of nitrogens with two attached hydrogens (primary N) is 1. The Morgan fingerprint density at radius 1 is 1.59 bits per heavy atom. The summed E-state index contributed by atoms with van der Waals surface area (Å²) < 4.78 is 0. The molecule has 2 heterocycles. The first-order chi connectivity index (χ1) is 8.06. The molecule has 0 bridgehead atoms. The second-order valence-electron chi connectivity index (χ2n) is 5.32. The van der Waals surface area contributed by atoms with Crippen molar-refractivity contribution < 1.29 is 0 Å². The highest BCUT2D eigenvalue weighted by Crippen LogP contribution is 2.31.